The molecule has 2 rings (SSSR count). The van der Waals surface area contributed by atoms with Crippen LogP contribution in [0.4, 0.5) is 0 Å². The van der Waals surface area contributed by atoms with Gasteiger partial charge in [0.15, 0.2) is 17.8 Å². The second-order valence-corrected chi connectivity index (χ2v) is 4.79. The molecule has 1 aromatic rings. The quantitative estimate of drug-likeness (QED) is 0.740. The first-order chi connectivity index (χ1) is 9.74. The third-order valence-corrected chi connectivity index (χ3v) is 3.19. The minimum absolute atomic E-state index is 0.0166. The first-order valence-corrected chi connectivity index (χ1v) is 6.88. The van der Waals surface area contributed by atoms with E-state index in [1.165, 1.54) is 0 Å². The van der Waals surface area contributed by atoms with Crippen molar-refractivity contribution in [2.24, 2.45) is 0 Å². The Bertz CT molecular complexity index is 449. The minimum atomic E-state index is 0.0166. The molecule has 1 unspecified atom stereocenters. The van der Waals surface area contributed by atoms with E-state index in [1.807, 2.05) is 6.92 Å². The van der Waals surface area contributed by atoms with Gasteiger partial charge in [-0.05, 0) is 26.1 Å². The lowest BCUT2D eigenvalue weighted by Crippen LogP contribution is -2.42. The molecule has 1 heterocycles. The van der Waals surface area contributed by atoms with Crippen LogP contribution in [0.3, 0.4) is 0 Å². The summed E-state index contributed by atoms with van der Waals surface area (Å²) >= 11 is 0. The maximum absolute atomic E-state index is 11.1. The fourth-order valence-corrected chi connectivity index (χ4v) is 2.19. The molecule has 0 aliphatic carbocycles. The average Bonchev–Trinajstić information content (AvgIpc) is 2.46. The molecule has 1 aromatic carbocycles. The van der Waals surface area contributed by atoms with E-state index in [4.69, 9.17) is 14.2 Å². The Hall–Kier alpha value is -1.59. The van der Waals surface area contributed by atoms with Crippen molar-refractivity contribution in [1.82, 2.24) is 4.90 Å². The van der Waals surface area contributed by atoms with E-state index in [-0.39, 0.29) is 6.10 Å². The van der Waals surface area contributed by atoms with Crippen LogP contribution >= 0.6 is 0 Å². The van der Waals surface area contributed by atoms with Gasteiger partial charge in [0.25, 0.3) is 0 Å². The van der Waals surface area contributed by atoms with Crippen LogP contribution in [0.5, 0.6) is 11.5 Å². The summed E-state index contributed by atoms with van der Waals surface area (Å²) in [5, 5.41) is 0. The molecule has 0 N–H and O–H groups in total. The van der Waals surface area contributed by atoms with Crippen molar-refractivity contribution >= 4 is 6.29 Å². The molecular formula is C15H21NO4. The van der Waals surface area contributed by atoms with Crippen molar-refractivity contribution in [3.05, 3.63) is 23.8 Å². The van der Waals surface area contributed by atoms with Gasteiger partial charge in [-0.3, -0.25) is 4.79 Å². The van der Waals surface area contributed by atoms with E-state index in [1.54, 1.807) is 18.2 Å². The van der Waals surface area contributed by atoms with Gasteiger partial charge in [-0.1, -0.05) is 6.07 Å². The monoisotopic (exact) mass is 279 g/mol. The Labute approximate surface area is 119 Å². The van der Waals surface area contributed by atoms with Crippen molar-refractivity contribution in [2.75, 3.05) is 40.0 Å². The molecule has 0 aromatic heterocycles. The third kappa shape index (κ3) is 3.71. The highest BCUT2D eigenvalue weighted by Gasteiger charge is 2.20. The highest BCUT2D eigenvalue weighted by Crippen LogP contribution is 2.30. The second kappa shape index (κ2) is 7.26. The number of carbonyl (C=O) groups is 1. The smallest absolute Gasteiger partial charge is 0.171 e. The zero-order valence-corrected chi connectivity index (χ0v) is 12.0. The van der Waals surface area contributed by atoms with Crippen molar-refractivity contribution in [2.45, 2.75) is 13.0 Å². The third-order valence-electron chi connectivity index (χ3n) is 3.19. The number of nitrogens with zero attached hydrogens (tertiary/aromatic N) is 1. The summed E-state index contributed by atoms with van der Waals surface area (Å²) in [4.78, 5) is 13.3. The van der Waals surface area contributed by atoms with E-state index in [9.17, 15) is 4.79 Å². The van der Waals surface area contributed by atoms with Gasteiger partial charge in [0.1, 0.15) is 12.7 Å². The molecule has 1 saturated heterocycles. The summed E-state index contributed by atoms with van der Waals surface area (Å²) in [6.45, 7) is 5.31. The molecule has 0 spiro atoms. The maximum Gasteiger partial charge on any atom is 0.171 e. The Balaban J connectivity index is 2.05. The van der Waals surface area contributed by atoms with Crippen LogP contribution in [0.25, 0.3) is 0 Å². The van der Waals surface area contributed by atoms with Gasteiger partial charge in [0, 0.05) is 13.1 Å². The van der Waals surface area contributed by atoms with E-state index in [0.717, 1.165) is 19.4 Å². The Kier molecular flexibility index (Phi) is 5.38. The molecule has 1 fully saturated rings. The predicted molar refractivity (Wildman–Crippen MR) is 75.7 cm³/mol. The van der Waals surface area contributed by atoms with Crippen LogP contribution in [0.2, 0.25) is 0 Å². The largest absolute Gasteiger partial charge is 0.490 e. The predicted octanol–water partition coefficient (Wildman–Crippen LogP) is 1.61. The molecule has 5 heteroatoms. The first kappa shape index (κ1) is 14.8. The summed E-state index contributed by atoms with van der Waals surface area (Å²) in [6, 6.07) is 5.31. The first-order valence-electron chi connectivity index (χ1n) is 6.88. The number of aldehydes is 1. The van der Waals surface area contributed by atoms with Crippen molar-refractivity contribution in [1.29, 1.82) is 0 Å². The lowest BCUT2D eigenvalue weighted by atomic mass is 10.2. The summed E-state index contributed by atoms with van der Waals surface area (Å²) in [7, 11) is 2.06. The highest BCUT2D eigenvalue weighted by molar-refractivity contribution is 5.81. The van der Waals surface area contributed by atoms with Gasteiger partial charge in [0.05, 0.1) is 18.8 Å². The van der Waals surface area contributed by atoms with Gasteiger partial charge < -0.3 is 19.1 Å². The number of morpholine rings is 1. The molecule has 5 nitrogen and oxygen atoms in total. The summed E-state index contributed by atoms with van der Waals surface area (Å²) in [6.07, 6.45) is 0.800. The van der Waals surface area contributed by atoms with Crippen LogP contribution in [0.1, 0.15) is 17.3 Å². The number of benzene rings is 1. The number of ether oxygens (including phenoxy) is 3. The fourth-order valence-electron chi connectivity index (χ4n) is 2.19. The van der Waals surface area contributed by atoms with Crippen LogP contribution in [-0.4, -0.2) is 57.2 Å². The molecule has 0 radical (unpaired) electrons. The topological polar surface area (TPSA) is 48.0 Å². The number of carbonyl (C=O) groups excluding carboxylic acids is 1. The maximum atomic E-state index is 11.1. The Morgan fingerprint density at radius 1 is 1.45 bits per heavy atom. The molecule has 0 saturated carbocycles. The molecular weight excluding hydrogens is 258 g/mol. The number of hydrogen-bond donors (Lipinski definition) is 0. The minimum Gasteiger partial charge on any atom is -0.490 e. The molecule has 1 aliphatic heterocycles. The molecule has 1 atom stereocenters. The van der Waals surface area contributed by atoms with Gasteiger partial charge in [-0.25, -0.2) is 0 Å². The van der Waals surface area contributed by atoms with Crippen molar-refractivity contribution in [3.63, 3.8) is 0 Å². The van der Waals surface area contributed by atoms with E-state index in [0.29, 0.717) is 36.9 Å². The van der Waals surface area contributed by atoms with Gasteiger partial charge in [0.2, 0.25) is 0 Å². The second-order valence-electron chi connectivity index (χ2n) is 4.79. The standard InChI is InChI=1S/C15H21NO4/c1-3-18-14-6-4-5-12(10-17)15(14)20-11-13-9-16(2)7-8-19-13/h4-6,10,13H,3,7-9,11H2,1-2H3. The Morgan fingerprint density at radius 2 is 2.30 bits per heavy atom. The van der Waals surface area contributed by atoms with E-state index in [2.05, 4.69) is 11.9 Å². The van der Waals surface area contributed by atoms with E-state index >= 15 is 0 Å². The van der Waals surface area contributed by atoms with Crippen molar-refractivity contribution < 1.29 is 19.0 Å². The van der Waals surface area contributed by atoms with E-state index < -0.39 is 0 Å². The zero-order valence-electron chi connectivity index (χ0n) is 12.0. The van der Waals surface area contributed by atoms with Gasteiger partial charge >= 0.3 is 0 Å². The number of para-hydroxylation sites is 1. The molecule has 0 amide bonds. The number of hydrogen-bond acceptors (Lipinski definition) is 5. The molecule has 110 valence electrons. The SMILES string of the molecule is CCOc1cccc(C=O)c1OCC1CN(C)CCO1. The van der Waals surface area contributed by atoms with Crippen LogP contribution in [0.15, 0.2) is 18.2 Å². The lowest BCUT2D eigenvalue weighted by Gasteiger charge is -2.30. The lowest BCUT2D eigenvalue weighted by molar-refractivity contribution is -0.0407. The average molecular weight is 279 g/mol. The van der Waals surface area contributed by atoms with Gasteiger partial charge in [-0.15, -0.1) is 0 Å². The van der Waals surface area contributed by atoms with Crippen molar-refractivity contribution in [3.8, 4) is 11.5 Å². The highest BCUT2D eigenvalue weighted by atomic mass is 16.5. The Morgan fingerprint density at radius 3 is 3.00 bits per heavy atom. The van der Waals surface area contributed by atoms with Crippen LogP contribution in [0, 0.1) is 0 Å². The number of rotatable bonds is 6. The fraction of sp³-hybridized carbons (Fsp3) is 0.533. The molecule has 1 aliphatic rings. The molecule has 0 bridgehead atoms. The van der Waals surface area contributed by atoms with Crippen LogP contribution < -0.4 is 9.47 Å². The summed E-state index contributed by atoms with van der Waals surface area (Å²) < 4.78 is 16.9. The molecule has 20 heavy (non-hydrogen) atoms. The van der Waals surface area contributed by atoms with Gasteiger partial charge in [-0.2, -0.15) is 0 Å². The van der Waals surface area contributed by atoms with Crippen LogP contribution in [-0.2, 0) is 4.74 Å². The summed E-state index contributed by atoms with van der Waals surface area (Å²) in [5.74, 6) is 1.10. The zero-order chi connectivity index (χ0) is 14.4. The number of likely N-dealkylation sites (N-methyl/N-ethyl adjacent to an activating group) is 1. The summed E-state index contributed by atoms with van der Waals surface area (Å²) in [5.41, 5.74) is 0.500. The normalized spacial score (nSPS) is 19.6.